The van der Waals surface area contributed by atoms with Crippen LogP contribution in [-0.2, 0) is 11.3 Å². The summed E-state index contributed by atoms with van der Waals surface area (Å²) in [6.45, 7) is 3.85. The number of benzene rings is 1. The van der Waals surface area contributed by atoms with Crippen molar-refractivity contribution in [2.45, 2.75) is 26.5 Å². The lowest BCUT2D eigenvalue weighted by atomic mass is 10.2. The molecule has 81 valence electrons. The lowest BCUT2D eigenvalue weighted by Gasteiger charge is -2.09. The summed E-state index contributed by atoms with van der Waals surface area (Å²) in [5.41, 5.74) is 0.704. The molecule has 0 saturated heterocycles. The van der Waals surface area contributed by atoms with E-state index in [1.807, 2.05) is 0 Å². The van der Waals surface area contributed by atoms with E-state index in [0.717, 1.165) is 0 Å². The van der Waals surface area contributed by atoms with Crippen molar-refractivity contribution in [1.82, 2.24) is 5.32 Å². The number of carbonyl (C=O) groups is 1. The minimum absolute atomic E-state index is 0.0616. The summed E-state index contributed by atoms with van der Waals surface area (Å²) in [7, 11) is 0. The van der Waals surface area contributed by atoms with Gasteiger partial charge in [0.05, 0.1) is 6.10 Å². The smallest absolute Gasteiger partial charge is 0.407 e. The molecule has 0 fully saturated rings. The molecule has 4 heteroatoms. The van der Waals surface area contributed by atoms with Crippen LogP contribution in [0.5, 0.6) is 5.75 Å². The quantitative estimate of drug-likeness (QED) is 0.796. The average molecular weight is 208 g/mol. The molecule has 4 nitrogen and oxygen atoms in total. The molecule has 0 aliphatic carbocycles. The van der Waals surface area contributed by atoms with E-state index in [4.69, 9.17) is 9.84 Å². The molecule has 0 heterocycles. The Morgan fingerprint density at radius 1 is 1.60 bits per heavy atom. The second-order valence-corrected chi connectivity index (χ2v) is 3.37. The second kappa shape index (κ2) is 5.24. The van der Waals surface area contributed by atoms with Crippen LogP contribution in [0.4, 0.5) is 4.79 Å². The molecule has 1 radical (unpaired) electrons. The molecule has 0 unspecified atom stereocenters. The maximum Gasteiger partial charge on any atom is 0.407 e. The summed E-state index contributed by atoms with van der Waals surface area (Å²) in [5.74, 6) is 0.0616. The molecule has 1 aromatic rings. The highest BCUT2D eigenvalue weighted by molar-refractivity contribution is 5.67. The number of ether oxygens (including phenoxy) is 1. The number of alkyl carbamates (subject to hydrolysis) is 1. The van der Waals surface area contributed by atoms with Gasteiger partial charge in [0.1, 0.15) is 5.75 Å². The number of carbonyl (C=O) groups excluding carboxylic acids is 1. The number of rotatable bonds is 3. The van der Waals surface area contributed by atoms with E-state index in [-0.39, 0.29) is 11.9 Å². The van der Waals surface area contributed by atoms with Crippen molar-refractivity contribution in [2.24, 2.45) is 0 Å². The molecule has 15 heavy (non-hydrogen) atoms. The van der Waals surface area contributed by atoms with Crippen LogP contribution in [0.25, 0.3) is 0 Å². The van der Waals surface area contributed by atoms with Gasteiger partial charge in [0.2, 0.25) is 0 Å². The Balaban J connectivity index is 2.40. The van der Waals surface area contributed by atoms with Gasteiger partial charge in [0.15, 0.2) is 0 Å². The normalized spacial score (nSPS) is 10.1. The molecule has 2 N–H and O–H groups in total. The fraction of sp³-hybridized carbons (Fsp3) is 0.364. The van der Waals surface area contributed by atoms with Crippen molar-refractivity contribution >= 4 is 6.09 Å². The predicted octanol–water partition coefficient (Wildman–Crippen LogP) is 1.83. The molecule has 0 aliphatic rings. The Hall–Kier alpha value is -1.71. The van der Waals surface area contributed by atoms with Crippen LogP contribution in [0, 0.1) is 6.07 Å². The number of phenols is 1. The minimum atomic E-state index is -0.471. The van der Waals surface area contributed by atoms with Crippen LogP contribution in [0.2, 0.25) is 0 Å². The highest BCUT2D eigenvalue weighted by Crippen LogP contribution is 2.09. The fourth-order valence-corrected chi connectivity index (χ4v) is 1.03. The van der Waals surface area contributed by atoms with Crippen LogP contribution in [0.3, 0.4) is 0 Å². The summed E-state index contributed by atoms with van der Waals surface area (Å²) in [6, 6.07) is 7.68. The average Bonchev–Trinajstić information content (AvgIpc) is 2.14. The minimum Gasteiger partial charge on any atom is -0.507 e. The summed E-state index contributed by atoms with van der Waals surface area (Å²) in [5, 5.41) is 11.7. The van der Waals surface area contributed by atoms with Gasteiger partial charge in [-0.1, -0.05) is 12.1 Å². The van der Waals surface area contributed by atoms with Crippen molar-refractivity contribution in [1.29, 1.82) is 0 Å². The van der Waals surface area contributed by atoms with Crippen molar-refractivity contribution in [3.63, 3.8) is 0 Å². The molecule has 1 aromatic carbocycles. The van der Waals surface area contributed by atoms with Gasteiger partial charge in [-0.2, -0.15) is 0 Å². The summed E-state index contributed by atoms with van der Waals surface area (Å²) >= 11 is 0. The Labute approximate surface area is 88.9 Å². The van der Waals surface area contributed by atoms with Crippen LogP contribution in [0.15, 0.2) is 18.2 Å². The van der Waals surface area contributed by atoms with E-state index in [2.05, 4.69) is 11.4 Å². The van der Waals surface area contributed by atoms with Gasteiger partial charge in [-0.3, -0.25) is 0 Å². The van der Waals surface area contributed by atoms with E-state index in [9.17, 15) is 4.79 Å². The first-order chi connectivity index (χ1) is 7.08. The lowest BCUT2D eigenvalue weighted by molar-refractivity contribution is 0.115. The number of amides is 1. The Morgan fingerprint density at radius 2 is 2.33 bits per heavy atom. The first-order valence-corrected chi connectivity index (χ1v) is 4.72. The number of hydrogen-bond acceptors (Lipinski definition) is 3. The Bertz CT molecular complexity index is 336. The number of nitrogens with one attached hydrogen (secondary N) is 1. The maximum absolute atomic E-state index is 11.1. The van der Waals surface area contributed by atoms with Gasteiger partial charge < -0.3 is 15.2 Å². The van der Waals surface area contributed by atoms with Crippen molar-refractivity contribution in [3.05, 3.63) is 29.8 Å². The van der Waals surface area contributed by atoms with Crippen LogP contribution < -0.4 is 5.32 Å². The summed E-state index contributed by atoms with van der Waals surface area (Å²) in [6.07, 6.45) is -0.611. The summed E-state index contributed by atoms with van der Waals surface area (Å²) in [4.78, 5) is 11.1. The number of phenolic OH excluding ortho intramolecular Hbond substituents is 1. The largest absolute Gasteiger partial charge is 0.507 e. The highest BCUT2D eigenvalue weighted by Gasteiger charge is 2.04. The van der Waals surface area contributed by atoms with Crippen molar-refractivity contribution in [2.75, 3.05) is 0 Å². The van der Waals surface area contributed by atoms with Gasteiger partial charge in [-0.25, -0.2) is 4.79 Å². The highest BCUT2D eigenvalue weighted by atomic mass is 16.6. The lowest BCUT2D eigenvalue weighted by Crippen LogP contribution is -2.26. The molecule has 0 aromatic heterocycles. The van der Waals surface area contributed by atoms with Gasteiger partial charge in [0, 0.05) is 12.6 Å². The monoisotopic (exact) mass is 208 g/mol. The van der Waals surface area contributed by atoms with Crippen LogP contribution in [-0.4, -0.2) is 17.3 Å². The third-order valence-corrected chi connectivity index (χ3v) is 1.61. The molecule has 0 aliphatic heterocycles. The molecule has 0 atom stereocenters. The Kier molecular flexibility index (Phi) is 3.97. The molecule has 0 saturated carbocycles. The zero-order valence-electron chi connectivity index (χ0n) is 8.78. The summed E-state index contributed by atoms with van der Waals surface area (Å²) < 4.78 is 4.88. The molecule has 0 spiro atoms. The zero-order valence-corrected chi connectivity index (χ0v) is 8.78. The van der Waals surface area contributed by atoms with Crippen molar-refractivity contribution in [3.8, 4) is 5.75 Å². The van der Waals surface area contributed by atoms with Crippen LogP contribution >= 0.6 is 0 Å². The van der Waals surface area contributed by atoms with Crippen molar-refractivity contribution < 1.29 is 14.6 Å². The first kappa shape index (κ1) is 11.4. The maximum atomic E-state index is 11.1. The van der Waals surface area contributed by atoms with Gasteiger partial charge in [-0.15, -0.1) is 0 Å². The molecule has 1 rings (SSSR count). The molecular formula is C11H14NO3. The fourth-order valence-electron chi connectivity index (χ4n) is 1.03. The SMILES string of the molecule is CC(C)OC(=O)NCc1[c]c(O)ccc1. The van der Waals surface area contributed by atoms with Gasteiger partial charge >= 0.3 is 6.09 Å². The topological polar surface area (TPSA) is 58.6 Å². The van der Waals surface area contributed by atoms with E-state index >= 15 is 0 Å². The van der Waals surface area contributed by atoms with Crippen LogP contribution in [0.1, 0.15) is 19.4 Å². The van der Waals surface area contributed by atoms with E-state index < -0.39 is 6.09 Å². The molecular weight excluding hydrogens is 194 g/mol. The predicted molar refractivity (Wildman–Crippen MR) is 55.4 cm³/mol. The zero-order chi connectivity index (χ0) is 11.3. The second-order valence-electron chi connectivity index (χ2n) is 3.37. The van der Waals surface area contributed by atoms with E-state index in [1.165, 1.54) is 6.07 Å². The van der Waals surface area contributed by atoms with Gasteiger partial charge in [-0.05, 0) is 25.5 Å². The third-order valence-electron chi connectivity index (χ3n) is 1.61. The van der Waals surface area contributed by atoms with Gasteiger partial charge in [0.25, 0.3) is 0 Å². The van der Waals surface area contributed by atoms with E-state index in [1.54, 1.807) is 26.0 Å². The number of aromatic hydroxyl groups is 1. The first-order valence-electron chi connectivity index (χ1n) is 4.72. The van der Waals surface area contributed by atoms with E-state index in [0.29, 0.717) is 12.1 Å². The Morgan fingerprint density at radius 3 is 2.93 bits per heavy atom. The molecule has 1 amide bonds. The number of hydrogen-bond donors (Lipinski definition) is 2. The molecule has 0 bridgehead atoms. The third kappa shape index (κ3) is 4.35. The standard InChI is InChI=1S/C11H14NO3/c1-8(2)15-11(14)12-7-9-4-3-5-10(13)6-9/h3-5,8,13H,7H2,1-2H3,(H,12,14).